The van der Waals surface area contributed by atoms with Gasteiger partial charge in [0.15, 0.2) is 0 Å². The SMILES string of the molecule is CCC(CC)N1C(=O)CC(NCc2ccno2)C1=O. The van der Waals surface area contributed by atoms with Crippen LogP contribution in [0.3, 0.4) is 0 Å². The number of amides is 2. The number of hydrogen-bond donors (Lipinski definition) is 1. The molecule has 0 radical (unpaired) electrons. The van der Waals surface area contributed by atoms with E-state index in [9.17, 15) is 9.59 Å². The number of carbonyl (C=O) groups excluding carboxylic acids is 2. The maximum Gasteiger partial charge on any atom is 0.247 e. The molecule has 0 aromatic carbocycles. The Hall–Kier alpha value is -1.69. The summed E-state index contributed by atoms with van der Waals surface area (Å²) in [4.78, 5) is 25.6. The molecule has 0 aliphatic carbocycles. The van der Waals surface area contributed by atoms with Crippen molar-refractivity contribution in [1.29, 1.82) is 0 Å². The van der Waals surface area contributed by atoms with Gasteiger partial charge in [-0.25, -0.2) is 0 Å². The summed E-state index contributed by atoms with van der Waals surface area (Å²) in [6, 6.07) is 1.29. The van der Waals surface area contributed by atoms with Crippen LogP contribution in [0, 0.1) is 0 Å². The number of nitrogens with zero attached hydrogens (tertiary/aromatic N) is 2. The minimum atomic E-state index is -0.446. The Morgan fingerprint density at radius 1 is 1.47 bits per heavy atom. The normalized spacial score (nSPS) is 19.7. The third-order valence-corrected chi connectivity index (χ3v) is 3.50. The molecule has 0 bridgehead atoms. The fraction of sp³-hybridized carbons (Fsp3) is 0.615. The average molecular weight is 265 g/mol. The molecular formula is C13H19N3O3. The zero-order valence-electron chi connectivity index (χ0n) is 11.3. The predicted molar refractivity (Wildman–Crippen MR) is 68.0 cm³/mol. The Labute approximate surface area is 112 Å². The van der Waals surface area contributed by atoms with Gasteiger partial charge in [0.05, 0.1) is 25.2 Å². The van der Waals surface area contributed by atoms with Gasteiger partial charge in [0.1, 0.15) is 5.76 Å². The zero-order valence-corrected chi connectivity index (χ0v) is 11.3. The molecule has 1 aliphatic rings. The van der Waals surface area contributed by atoms with E-state index in [4.69, 9.17) is 4.52 Å². The Balaban J connectivity index is 1.97. The van der Waals surface area contributed by atoms with Crippen molar-refractivity contribution in [3.8, 4) is 0 Å². The van der Waals surface area contributed by atoms with E-state index in [-0.39, 0.29) is 24.3 Å². The predicted octanol–water partition coefficient (Wildman–Crippen LogP) is 1.08. The summed E-state index contributed by atoms with van der Waals surface area (Å²) >= 11 is 0. The second-order valence-electron chi connectivity index (χ2n) is 4.69. The van der Waals surface area contributed by atoms with E-state index in [0.29, 0.717) is 12.3 Å². The van der Waals surface area contributed by atoms with Gasteiger partial charge in [-0.1, -0.05) is 19.0 Å². The Morgan fingerprint density at radius 2 is 2.21 bits per heavy atom. The molecule has 1 aliphatic heterocycles. The smallest absolute Gasteiger partial charge is 0.247 e. The standard InChI is InChI=1S/C13H19N3O3/c1-3-9(4-2)16-12(17)7-11(13(16)18)14-8-10-5-6-15-19-10/h5-6,9,11,14H,3-4,7-8H2,1-2H3. The van der Waals surface area contributed by atoms with Crippen LogP contribution in [0.5, 0.6) is 0 Å². The van der Waals surface area contributed by atoms with Crippen molar-refractivity contribution in [3.05, 3.63) is 18.0 Å². The molecule has 1 fully saturated rings. The number of likely N-dealkylation sites (tertiary alicyclic amines) is 1. The van der Waals surface area contributed by atoms with Crippen LogP contribution in [-0.2, 0) is 16.1 Å². The lowest BCUT2D eigenvalue weighted by Gasteiger charge is -2.24. The van der Waals surface area contributed by atoms with Gasteiger partial charge in [0.25, 0.3) is 0 Å². The van der Waals surface area contributed by atoms with Crippen molar-refractivity contribution in [2.45, 2.75) is 51.7 Å². The van der Waals surface area contributed by atoms with Crippen LogP contribution < -0.4 is 5.32 Å². The first-order valence-corrected chi connectivity index (χ1v) is 6.66. The highest BCUT2D eigenvalue weighted by Gasteiger charge is 2.41. The molecule has 2 rings (SSSR count). The molecule has 104 valence electrons. The van der Waals surface area contributed by atoms with Crippen molar-refractivity contribution in [3.63, 3.8) is 0 Å². The average Bonchev–Trinajstić information content (AvgIpc) is 3.00. The number of rotatable bonds is 6. The number of nitrogens with one attached hydrogen (secondary N) is 1. The number of aromatic nitrogens is 1. The van der Waals surface area contributed by atoms with Crippen LogP contribution in [0.25, 0.3) is 0 Å². The van der Waals surface area contributed by atoms with Crippen LogP contribution in [0.15, 0.2) is 16.8 Å². The zero-order chi connectivity index (χ0) is 13.8. The van der Waals surface area contributed by atoms with Gasteiger partial charge in [0, 0.05) is 12.1 Å². The quantitative estimate of drug-likeness (QED) is 0.779. The molecule has 1 atom stereocenters. The van der Waals surface area contributed by atoms with Gasteiger partial charge in [0.2, 0.25) is 11.8 Å². The summed E-state index contributed by atoms with van der Waals surface area (Å²) in [5.41, 5.74) is 0. The van der Waals surface area contributed by atoms with Crippen molar-refractivity contribution >= 4 is 11.8 Å². The third kappa shape index (κ3) is 2.84. The van der Waals surface area contributed by atoms with Gasteiger partial charge in [-0.2, -0.15) is 0 Å². The van der Waals surface area contributed by atoms with Crippen molar-refractivity contribution in [2.24, 2.45) is 0 Å². The molecule has 1 aromatic heterocycles. The Morgan fingerprint density at radius 3 is 2.79 bits per heavy atom. The third-order valence-electron chi connectivity index (χ3n) is 3.50. The lowest BCUT2D eigenvalue weighted by atomic mass is 10.1. The number of carbonyl (C=O) groups is 2. The molecule has 19 heavy (non-hydrogen) atoms. The summed E-state index contributed by atoms with van der Waals surface area (Å²) in [5.74, 6) is 0.438. The molecule has 0 spiro atoms. The van der Waals surface area contributed by atoms with E-state index in [0.717, 1.165) is 12.8 Å². The van der Waals surface area contributed by atoms with E-state index in [2.05, 4.69) is 10.5 Å². The maximum atomic E-state index is 12.2. The monoisotopic (exact) mass is 265 g/mol. The molecule has 1 N–H and O–H groups in total. The fourth-order valence-corrected chi connectivity index (χ4v) is 2.41. The highest BCUT2D eigenvalue weighted by Crippen LogP contribution is 2.20. The fourth-order valence-electron chi connectivity index (χ4n) is 2.41. The molecule has 0 saturated carbocycles. The molecule has 6 heteroatoms. The summed E-state index contributed by atoms with van der Waals surface area (Å²) < 4.78 is 4.95. The summed E-state index contributed by atoms with van der Waals surface area (Å²) in [6.07, 6.45) is 3.37. The highest BCUT2D eigenvalue weighted by molar-refractivity contribution is 6.05. The van der Waals surface area contributed by atoms with Gasteiger partial charge >= 0.3 is 0 Å². The molecule has 1 aromatic rings. The maximum absolute atomic E-state index is 12.2. The van der Waals surface area contributed by atoms with Crippen molar-refractivity contribution < 1.29 is 14.1 Å². The van der Waals surface area contributed by atoms with Crippen LogP contribution >= 0.6 is 0 Å². The van der Waals surface area contributed by atoms with Crippen LogP contribution in [-0.4, -0.2) is 34.0 Å². The van der Waals surface area contributed by atoms with Crippen molar-refractivity contribution in [1.82, 2.24) is 15.4 Å². The number of imide groups is 1. The van der Waals surface area contributed by atoms with Gasteiger partial charge in [-0.3, -0.25) is 19.8 Å². The summed E-state index contributed by atoms with van der Waals surface area (Å²) in [6.45, 7) is 4.38. The molecule has 2 amide bonds. The second kappa shape index (κ2) is 5.97. The van der Waals surface area contributed by atoms with Crippen LogP contribution in [0.1, 0.15) is 38.9 Å². The highest BCUT2D eigenvalue weighted by atomic mass is 16.5. The van der Waals surface area contributed by atoms with E-state index in [1.165, 1.54) is 4.90 Å². The minimum Gasteiger partial charge on any atom is -0.360 e. The first kappa shape index (κ1) is 13.7. The van der Waals surface area contributed by atoms with Crippen LogP contribution in [0.4, 0.5) is 0 Å². The van der Waals surface area contributed by atoms with Gasteiger partial charge in [-0.05, 0) is 12.8 Å². The van der Waals surface area contributed by atoms with E-state index in [1.54, 1.807) is 12.3 Å². The summed E-state index contributed by atoms with van der Waals surface area (Å²) in [7, 11) is 0. The summed E-state index contributed by atoms with van der Waals surface area (Å²) in [5, 5.41) is 6.65. The molecule has 1 unspecified atom stereocenters. The largest absolute Gasteiger partial charge is 0.360 e. The first-order chi connectivity index (χ1) is 9.17. The van der Waals surface area contributed by atoms with Gasteiger partial charge in [-0.15, -0.1) is 0 Å². The molecule has 6 nitrogen and oxygen atoms in total. The lowest BCUT2D eigenvalue weighted by molar-refractivity contribution is -0.141. The molecule has 1 saturated heterocycles. The van der Waals surface area contributed by atoms with Gasteiger partial charge < -0.3 is 4.52 Å². The minimum absolute atomic E-state index is 0.0112. The molecule has 2 heterocycles. The Bertz CT molecular complexity index is 440. The lowest BCUT2D eigenvalue weighted by Crippen LogP contribution is -2.43. The Kier molecular flexibility index (Phi) is 4.31. The van der Waals surface area contributed by atoms with Crippen LogP contribution in [0.2, 0.25) is 0 Å². The van der Waals surface area contributed by atoms with Crippen molar-refractivity contribution in [2.75, 3.05) is 0 Å². The molecular weight excluding hydrogens is 246 g/mol. The topological polar surface area (TPSA) is 75.4 Å². The first-order valence-electron chi connectivity index (χ1n) is 6.66. The van der Waals surface area contributed by atoms with E-state index < -0.39 is 6.04 Å². The van der Waals surface area contributed by atoms with E-state index in [1.807, 2.05) is 13.8 Å². The number of hydrogen-bond acceptors (Lipinski definition) is 5. The second-order valence-corrected chi connectivity index (χ2v) is 4.69. The van der Waals surface area contributed by atoms with E-state index >= 15 is 0 Å².